The van der Waals surface area contributed by atoms with Crippen LogP contribution in [0.25, 0.3) is 0 Å². The van der Waals surface area contributed by atoms with Crippen molar-refractivity contribution in [3.05, 3.63) is 11.6 Å². The van der Waals surface area contributed by atoms with E-state index < -0.39 is 0 Å². The van der Waals surface area contributed by atoms with Gasteiger partial charge in [-0.25, -0.2) is 14.5 Å². The molecule has 1 aromatic heterocycles. The number of fused-ring (bicyclic) bond motifs is 1. The van der Waals surface area contributed by atoms with E-state index in [4.69, 9.17) is 0 Å². The topological polar surface area (TPSA) is 83.4 Å². The van der Waals surface area contributed by atoms with Crippen molar-refractivity contribution in [2.75, 3.05) is 20.1 Å². The highest BCUT2D eigenvalue weighted by molar-refractivity contribution is 5.75. The van der Waals surface area contributed by atoms with Crippen molar-refractivity contribution in [3.8, 4) is 0 Å². The van der Waals surface area contributed by atoms with Crippen LogP contribution in [-0.2, 0) is 24.2 Å². The van der Waals surface area contributed by atoms with E-state index in [0.29, 0.717) is 19.6 Å². The highest BCUT2D eigenvalue weighted by Crippen LogP contribution is 2.17. The number of aromatic nitrogens is 3. The molecule has 3 heterocycles. The number of hydrogen-bond donors (Lipinski definition) is 1. The second kappa shape index (κ2) is 7.41. The molecule has 8 nitrogen and oxygen atoms in total. The van der Waals surface area contributed by atoms with Gasteiger partial charge in [0.1, 0.15) is 5.82 Å². The van der Waals surface area contributed by atoms with Crippen LogP contribution in [0.4, 0.5) is 4.79 Å². The standard InChI is InChI=1S/C17H28N6O2/c1-4-15-19-16-6-5-13(11-23(16)20-15)18-17(25)22-9-7-14(8-10-22)21(3)12(2)24/h13-14H,4-11H2,1-3H3,(H,18,25). The maximum absolute atomic E-state index is 12.5. The van der Waals surface area contributed by atoms with Gasteiger partial charge in [0.15, 0.2) is 5.82 Å². The van der Waals surface area contributed by atoms with E-state index in [1.807, 2.05) is 23.6 Å². The molecule has 2 aliphatic rings. The number of piperidine rings is 1. The molecule has 0 bridgehead atoms. The van der Waals surface area contributed by atoms with E-state index in [0.717, 1.165) is 43.8 Å². The van der Waals surface area contributed by atoms with Crippen LogP contribution < -0.4 is 5.32 Å². The Morgan fingerprint density at radius 2 is 2.00 bits per heavy atom. The first-order valence-corrected chi connectivity index (χ1v) is 9.19. The van der Waals surface area contributed by atoms with Crippen LogP contribution in [0.2, 0.25) is 0 Å². The highest BCUT2D eigenvalue weighted by Gasteiger charge is 2.28. The summed E-state index contributed by atoms with van der Waals surface area (Å²) in [6.45, 7) is 5.71. The van der Waals surface area contributed by atoms with E-state index in [1.54, 1.807) is 11.8 Å². The Morgan fingerprint density at radius 1 is 1.28 bits per heavy atom. The van der Waals surface area contributed by atoms with Crippen LogP contribution in [-0.4, -0.2) is 68.7 Å². The molecular weight excluding hydrogens is 320 g/mol. The predicted molar refractivity (Wildman–Crippen MR) is 93.1 cm³/mol. The van der Waals surface area contributed by atoms with E-state index in [9.17, 15) is 9.59 Å². The molecule has 1 aromatic rings. The Labute approximate surface area is 148 Å². The minimum absolute atomic E-state index is 0.00629. The molecule has 25 heavy (non-hydrogen) atoms. The molecule has 1 N–H and O–H groups in total. The van der Waals surface area contributed by atoms with Crippen LogP contribution in [0.15, 0.2) is 0 Å². The molecule has 0 aromatic carbocycles. The Bertz CT molecular complexity index is 635. The number of hydrogen-bond acceptors (Lipinski definition) is 4. The molecule has 0 radical (unpaired) electrons. The average molecular weight is 348 g/mol. The van der Waals surface area contributed by atoms with Gasteiger partial charge in [-0.1, -0.05) is 6.92 Å². The van der Waals surface area contributed by atoms with Crippen LogP contribution in [0.1, 0.15) is 44.8 Å². The maximum atomic E-state index is 12.5. The molecule has 0 saturated carbocycles. The molecule has 3 rings (SSSR count). The molecule has 0 spiro atoms. The van der Waals surface area contributed by atoms with Crippen LogP contribution in [0.3, 0.4) is 0 Å². The number of rotatable bonds is 3. The van der Waals surface area contributed by atoms with E-state index in [2.05, 4.69) is 15.4 Å². The number of carbonyl (C=O) groups excluding carboxylic acids is 2. The fourth-order valence-electron chi connectivity index (χ4n) is 3.61. The van der Waals surface area contributed by atoms with Crippen molar-refractivity contribution < 1.29 is 9.59 Å². The zero-order valence-electron chi connectivity index (χ0n) is 15.4. The smallest absolute Gasteiger partial charge is 0.317 e. The molecule has 2 aliphatic heterocycles. The summed E-state index contributed by atoms with van der Waals surface area (Å²) in [6, 6.07) is 0.332. The summed E-state index contributed by atoms with van der Waals surface area (Å²) in [5, 5.41) is 7.63. The summed E-state index contributed by atoms with van der Waals surface area (Å²) < 4.78 is 1.93. The molecule has 138 valence electrons. The third kappa shape index (κ3) is 3.93. The third-order valence-corrected chi connectivity index (χ3v) is 5.34. The number of nitrogens with zero attached hydrogens (tertiary/aromatic N) is 5. The third-order valence-electron chi connectivity index (χ3n) is 5.34. The fraction of sp³-hybridized carbons (Fsp3) is 0.765. The Kier molecular flexibility index (Phi) is 5.24. The lowest BCUT2D eigenvalue weighted by Gasteiger charge is -2.37. The van der Waals surface area contributed by atoms with Crippen molar-refractivity contribution in [1.82, 2.24) is 29.9 Å². The van der Waals surface area contributed by atoms with E-state index >= 15 is 0 Å². The van der Waals surface area contributed by atoms with Gasteiger partial charge in [0.25, 0.3) is 0 Å². The monoisotopic (exact) mass is 348 g/mol. The second-order valence-electron chi connectivity index (χ2n) is 7.01. The summed E-state index contributed by atoms with van der Waals surface area (Å²) in [5.74, 6) is 1.98. The number of amides is 3. The lowest BCUT2D eigenvalue weighted by molar-refractivity contribution is -0.130. The minimum Gasteiger partial charge on any atom is -0.343 e. The number of urea groups is 1. The largest absolute Gasteiger partial charge is 0.343 e. The van der Waals surface area contributed by atoms with E-state index in [1.165, 1.54) is 0 Å². The van der Waals surface area contributed by atoms with Crippen molar-refractivity contribution in [3.63, 3.8) is 0 Å². The fourth-order valence-corrected chi connectivity index (χ4v) is 3.61. The Hall–Kier alpha value is -2.12. The highest BCUT2D eigenvalue weighted by atomic mass is 16.2. The quantitative estimate of drug-likeness (QED) is 0.876. The summed E-state index contributed by atoms with van der Waals surface area (Å²) >= 11 is 0. The minimum atomic E-state index is -0.00629. The normalized spacial score (nSPS) is 20.9. The van der Waals surface area contributed by atoms with Gasteiger partial charge in [0.05, 0.1) is 12.6 Å². The second-order valence-corrected chi connectivity index (χ2v) is 7.01. The SMILES string of the molecule is CCc1nc2n(n1)CC(NC(=O)N1CCC(N(C)C(C)=O)CC1)CC2. The molecule has 3 amide bonds. The van der Waals surface area contributed by atoms with Crippen molar-refractivity contribution in [2.45, 2.75) is 64.6 Å². The summed E-state index contributed by atoms with van der Waals surface area (Å²) in [4.78, 5) is 32.2. The Balaban J connectivity index is 1.49. The lowest BCUT2D eigenvalue weighted by atomic mass is 10.0. The number of nitrogens with one attached hydrogen (secondary N) is 1. The maximum Gasteiger partial charge on any atom is 0.317 e. The first-order valence-electron chi connectivity index (χ1n) is 9.19. The first kappa shape index (κ1) is 17.7. The van der Waals surface area contributed by atoms with Gasteiger partial charge in [-0.3, -0.25) is 4.79 Å². The molecule has 1 saturated heterocycles. The summed E-state index contributed by atoms with van der Waals surface area (Å²) in [5.41, 5.74) is 0. The zero-order chi connectivity index (χ0) is 18.0. The average Bonchev–Trinajstić information content (AvgIpc) is 3.03. The first-order chi connectivity index (χ1) is 12.0. The summed E-state index contributed by atoms with van der Waals surface area (Å²) in [6.07, 6.45) is 4.25. The van der Waals surface area contributed by atoms with Gasteiger partial charge in [-0.05, 0) is 19.3 Å². The lowest BCUT2D eigenvalue weighted by Crippen LogP contribution is -2.52. The van der Waals surface area contributed by atoms with Gasteiger partial charge in [0.2, 0.25) is 5.91 Å². The van der Waals surface area contributed by atoms with Gasteiger partial charge in [-0.2, -0.15) is 5.10 Å². The van der Waals surface area contributed by atoms with Crippen LogP contribution >= 0.6 is 0 Å². The van der Waals surface area contributed by atoms with Crippen molar-refractivity contribution >= 4 is 11.9 Å². The van der Waals surface area contributed by atoms with Crippen LogP contribution in [0, 0.1) is 0 Å². The van der Waals surface area contributed by atoms with Gasteiger partial charge < -0.3 is 15.1 Å². The predicted octanol–water partition coefficient (Wildman–Crippen LogP) is 0.808. The Morgan fingerprint density at radius 3 is 2.64 bits per heavy atom. The van der Waals surface area contributed by atoms with Gasteiger partial charge >= 0.3 is 6.03 Å². The molecule has 0 aliphatic carbocycles. The molecular formula is C17H28N6O2. The number of aryl methyl sites for hydroxylation is 2. The van der Waals surface area contributed by atoms with Crippen LogP contribution in [0.5, 0.6) is 0 Å². The van der Waals surface area contributed by atoms with Gasteiger partial charge in [-0.15, -0.1) is 0 Å². The molecule has 1 fully saturated rings. The van der Waals surface area contributed by atoms with E-state index in [-0.39, 0.29) is 24.0 Å². The number of carbonyl (C=O) groups is 2. The zero-order valence-corrected chi connectivity index (χ0v) is 15.4. The van der Waals surface area contributed by atoms with Gasteiger partial charge in [0, 0.05) is 45.9 Å². The number of likely N-dealkylation sites (tertiary alicyclic amines) is 1. The molecule has 1 unspecified atom stereocenters. The molecule has 1 atom stereocenters. The van der Waals surface area contributed by atoms with Crippen molar-refractivity contribution in [1.29, 1.82) is 0 Å². The van der Waals surface area contributed by atoms with Crippen molar-refractivity contribution in [2.24, 2.45) is 0 Å². The summed E-state index contributed by atoms with van der Waals surface area (Å²) in [7, 11) is 1.84. The molecule has 8 heteroatoms.